The van der Waals surface area contributed by atoms with Crippen molar-refractivity contribution in [2.24, 2.45) is 0 Å². The molecule has 0 unspecified atom stereocenters. The average Bonchev–Trinajstić information content (AvgIpc) is 2.49. The van der Waals surface area contributed by atoms with E-state index in [0.717, 1.165) is 11.4 Å². The van der Waals surface area contributed by atoms with E-state index in [0.29, 0.717) is 0 Å². The van der Waals surface area contributed by atoms with Gasteiger partial charge in [-0.15, -0.1) is 23.2 Å². The number of halogens is 2. The number of fused-ring (bicyclic) bond motifs is 1. The molecule has 1 aliphatic heterocycles. The minimum absolute atomic E-state index is 0.0220. The maximum absolute atomic E-state index is 12.4. The van der Waals surface area contributed by atoms with Gasteiger partial charge in [0.05, 0.1) is 23.5 Å². The van der Waals surface area contributed by atoms with E-state index in [1.54, 1.807) is 9.80 Å². The van der Waals surface area contributed by atoms with Gasteiger partial charge in [0.2, 0.25) is 11.8 Å². The molecule has 2 atom stereocenters. The minimum Gasteiger partial charge on any atom is -0.305 e. The molecular weight excluding hydrogens is 323 g/mol. The largest absolute Gasteiger partial charge is 0.305 e. The van der Waals surface area contributed by atoms with Crippen LogP contribution < -0.4 is 9.80 Å². The summed E-state index contributed by atoms with van der Waals surface area (Å²) in [4.78, 5) is 28.4. The summed E-state index contributed by atoms with van der Waals surface area (Å²) in [7, 11) is 0. The molecule has 120 valence electrons. The SMILES string of the molecule is C[C@@H]1[C@H](C)N(C(=O)CCCl)c2ccccc2N1C(=O)CCCl. The zero-order valence-corrected chi connectivity index (χ0v) is 14.3. The molecule has 0 aromatic heterocycles. The Labute approximate surface area is 141 Å². The fourth-order valence-corrected chi connectivity index (χ4v) is 3.19. The number of anilines is 2. The van der Waals surface area contributed by atoms with Gasteiger partial charge >= 0.3 is 0 Å². The normalized spacial score (nSPS) is 20.7. The number of carbonyl (C=O) groups is 2. The highest BCUT2D eigenvalue weighted by atomic mass is 35.5. The van der Waals surface area contributed by atoms with E-state index in [1.165, 1.54) is 0 Å². The molecule has 0 radical (unpaired) electrons. The van der Waals surface area contributed by atoms with Crippen molar-refractivity contribution in [3.8, 4) is 0 Å². The quantitative estimate of drug-likeness (QED) is 0.786. The molecule has 0 saturated carbocycles. The summed E-state index contributed by atoms with van der Waals surface area (Å²) in [6.07, 6.45) is 0.561. The van der Waals surface area contributed by atoms with Crippen molar-refractivity contribution in [2.75, 3.05) is 21.6 Å². The van der Waals surface area contributed by atoms with Gasteiger partial charge in [0.15, 0.2) is 0 Å². The topological polar surface area (TPSA) is 40.6 Å². The van der Waals surface area contributed by atoms with Crippen LogP contribution in [0.4, 0.5) is 11.4 Å². The lowest BCUT2D eigenvalue weighted by Gasteiger charge is -2.45. The minimum atomic E-state index is -0.120. The Morgan fingerprint density at radius 3 is 1.59 bits per heavy atom. The molecule has 22 heavy (non-hydrogen) atoms. The van der Waals surface area contributed by atoms with Crippen LogP contribution in [0.15, 0.2) is 24.3 Å². The van der Waals surface area contributed by atoms with E-state index in [2.05, 4.69) is 0 Å². The maximum atomic E-state index is 12.4. The molecule has 0 bridgehead atoms. The Morgan fingerprint density at radius 1 is 0.909 bits per heavy atom. The summed E-state index contributed by atoms with van der Waals surface area (Å²) in [6.45, 7) is 3.90. The summed E-state index contributed by atoms with van der Waals surface area (Å²) in [5.74, 6) is 0.526. The van der Waals surface area contributed by atoms with Gasteiger partial charge in [-0.1, -0.05) is 12.1 Å². The monoisotopic (exact) mass is 342 g/mol. The van der Waals surface area contributed by atoms with Gasteiger partial charge in [0.1, 0.15) is 0 Å². The molecule has 1 aromatic rings. The first-order chi connectivity index (χ1) is 10.5. The number of benzene rings is 1. The maximum Gasteiger partial charge on any atom is 0.228 e. The van der Waals surface area contributed by atoms with Crippen molar-refractivity contribution in [2.45, 2.75) is 38.8 Å². The van der Waals surface area contributed by atoms with Gasteiger partial charge in [0.25, 0.3) is 0 Å². The van der Waals surface area contributed by atoms with Crippen molar-refractivity contribution < 1.29 is 9.59 Å². The molecule has 6 heteroatoms. The average molecular weight is 343 g/mol. The van der Waals surface area contributed by atoms with Gasteiger partial charge in [-0.05, 0) is 26.0 Å². The van der Waals surface area contributed by atoms with Crippen LogP contribution in [0.2, 0.25) is 0 Å². The second kappa shape index (κ2) is 7.34. The second-order valence-corrected chi connectivity index (χ2v) is 6.13. The Bertz CT molecular complexity index is 516. The molecule has 0 fully saturated rings. The van der Waals surface area contributed by atoms with E-state index in [-0.39, 0.29) is 48.5 Å². The highest BCUT2D eigenvalue weighted by Gasteiger charge is 2.39. The van der Waals surface area contributed by atoms with Gasteiger partial charge in [-0.25, -0.2) is 0 Å². The van der Waals surface area contributed by atoms with Crippen LogP contribution in [0.5, 0.6) is 0 Å². The predicted octanol–water partition coefficient (Wildman–Crippen LogP) is 3.40. The van der Waals surface area contributed by atoms with Crippen LogP contribution in [-0.2, 0) is 9.59 Å². The van der Waals surface area contributed by atoms with Crippen LogP contribution in [0.25, 0.3) is 0 Å². The lowest BCUT2D eigenvalue weighted by atomic mass is 9.99. The van der Waals surface area contributed by atoms with Crippen molar-refractivity contribution >= 4 is 46.4 Å². The zero-order chi connectivity index (χ0) is 16.3. The smallest absolute Gasteiger partial charge is 0.228 e. The lowest BCUT2D eigenvalue weighted by molar-refractivity contribution is -0.121. The molecule has 4 nitrogen and oxygen atoms in total. The van der Waals surface area contributed by atoms with E-state index < -0.39 is 0 Å². The Balaban J connectivity index is 2.48. The van der Waals surface area contributed by atoms with Crippen LogP contribution in [0, 0.1) is 0 Å². The van der Waals surface area contributed by atoms with Crippen LogP contribution in [-0.4, -0.2) is 35.7 Å². The number of rotatable bonds is 4. The molecule has 2 rings (SSSR count). The van der Waals surface area contributed by atoms with Crippen molar-refractivity contribution in [3.63, 3.8) is 0 Å². The van der Waals surface area contributed by atoms with Gasteiger partial charge in [-0.3, -0.25) is 9.59 Å². The molecule has 0 saturated heterocycles. The van der Waals surface area contributed by atoms with Gasteiger partial charge < -0.3 is 9.80 Å². The number of para-hydroxylation sites is 2. The number of hydrogen-bond acceptors (Lipinski definition) is 2. The van der Waals surface area contributed by atoms with Crippen LogP contribution >= 0.6 is 23.2 Å². The molecule has 0 N–H and O–H groups in total. The van der Waals surface area contributed by atoms with E-state index in [4.69, 9.17) is 23.2 Å². The van der Waals surface area contributed by atoms with Crippen LogP contribution in [0.1, 0.15) is 26.7 Å². The highest BCUT2D eigenvalue weighted by molar-refractivity contribution is 6.20. The zero-order valence-electron chi connectivity index (χ0n) is 12.8. The highest BCUT2D eigenvalue weighted by Crippen LogP contribution is 2.39. The molecule has 1 aromatic carbocycles. The standard InChI is InChI=1S/C16H20Cl2N2O2/c1-11-12(2)20(16(22)8-10-18)14-6-4-3-5-13(14)19(11)15(21)7-9-17/h3-6,11-12H,7-10H2,1-2H3/t11-,12+. The predicted molar refractivity (Wildman–Crippen MR) is 91.0 cm³/mol. The number of hydrogen-bond donors (Lipinski definition) is 0. The molecule has 1 aliphatic rings. The summed E-state index contributed by atoms with van der Waals surface area (Å²) < 4.78 is 0. The number of amides is 2. The fourth-order valence-electron chi connectivity index (χ4n) is 2.87. The van der Waals surface area contributed by atoms with Crippen molar-refractivity contribution in [1.82, 2.24) is 0 Å². The Hall–Kier alpha value is -1.26. The number of alkyl halides is 2. The Kier molecular flexibility index (Phi) is 5.70. The third-order valence-corrected chi connectivity index (χ3v) is 4.45. The van der Waals surface area contributed by atoms with E-state index in [9.17, 15) is 9.59 Å². The molecule has 1 heterocycles. The van der Waals surface area contributed by atoms with Crippen molar-refractivity contribution in [3.05, 3.63) is 24.3 Å². The first-order valence-electron chi connectivity index (χ1n) is 7.38. The first kappa shape index (κ1) is 17.1. The summed E-state index contributed by atoms with van der Waals surface area (Å²) in [6, 6.07) is 7.23. The third kappa shape index (κ3) is 3.08. The molecule has 0 aliphatic carbocycles. The number of carbonyl (C=O) groups excluding carboxylic acids is 2. The first-order valence-corrected chi connectivity index (χ1v) is 8.45. The summed E-state index contributed by atoms with van der Waals surface area (Å²) >= 11 is 11.4. The molecular formula is C16H20Cl2N2O2. The van der Waals surface area contributed by atoms with Gasteiger partial charge in [-0.2, -0.15) is 0 Å². The summed E-state index contributed by atoms with van der Waals surface area (Å²) in [5, 5.41) is 0. The lowest BCUT2D eigenvalue weighted by Crippen LogP contribution is -2.57. The van der Waals surface area contributed by atoms with Crippen LogP contribution in [0.3, 0.4) is 0 Å². The third-order valence-electron chi connectivity index (χ3n) is 4.07. The molecule has 2 amide bonds. The fraction of sp³-hybridized carbons (Fsp3) is 0.500. The van der Waals surface area contributed by atoms with E-state index >= 15 is 0 Å². The number of nitrogens with zero attached hydrogens (tertiary/aromatic N) is 2. The van der Waals surface area contributed by atoms with Gasteiger partial charge in [0, 0.05) is 24.6 Å². The second-order valence-electron chi connectivity index (χ2n) is 5.38. The van der Waals surface area contributed by atoms with E-state index in [1.807, 2.05) is 38.1 Å². The molecule has 0 spiro atoms. The Morgan fingerprint density at radius 2 is 1.27 bits per heavy atom. The van der Waals surface area contributed by atoms with Crippen molar-refractivity contribution in [1.29, 1.82) is 0 Å². The summed E-state index contributed by atoms with van der Waals surface area (Å²) in [5.41, 5.74) is 1.51.